The Bertz CT molecular complexity index is 425. The average molecular weight is 275 g/mol. The van der Waals surface area contributed by atoms with Gasteiger partial charge in [0.05, 0.1) is 11.3 Å². The van der Waals surface area contributed by atoms with Gasteiger partial charge in [-0.25, -0.2) is 0 Å². The summed E-state index contributed by atoms with van der Waals surface area (Å²) in [6.07, 6.45) is 11.7. The van der Waals surface area contributed by atoms with Gasteiger partial charge in [-0.15, -0.1) is 0 Å². The molecule has 4 nitrogen and oxygen atoms in total. The zero-order valence-corrected chi connectivity index (χ0v) is 12.3. The molecule has 2 rings (SSSR count). The Morgan fingerprint density at radius 2 is 2.00 bits per heavy atom. The van der Waals surface area contributed by atoms with Crippen LogP contribution in [-0.2, 0) is 0 Å². The molecule has 1 aliphatic carbocycles. The van der Waals surface area contributed by atoms with Crippen molar-refractivity contribution >= 4 is 11.6 Å². The largest absolute Gasteiger partial charge is 0.384 e. The number of nitrogens with zero attached hydrogens (tertiary/aromatic N) is 1. The summed E-state index contributed by atoms with van der Waals surface area (Å²) in [7, 11) is 0. The van der Waals surface area contributed by atoms with Gasteiger partial charge in [0.1, 0.15) is 0 Å². The molecule has 0 aliphatic heterocycles. The van der Waals surface area contributed by atoms with Crippen LogP contribution in [0.5, 0.6) is 0 Å². The number of pyridine rings is 1. The topological polar surface area (TPSA) is 54.0 Å². The first-order valence-corrected chi connectivity index (χ1v) is 7.79. The predicted molar refractivity (Wildman–Crippen MR) is 82.0 cm³/mol. The first-order valence-electron chi connectivity index (χ1n) is 7.79. The quantitative estimate of drug-likeness (QED) is 0.810. The van der Waals surface area contributed by atoms with Crippen LogP contribution >= 0.6 is 0 Å². The molecule has 2 N–H and O–H groups in total. The van der Waals surface area contributed by atoms with E-state index in [1.54, 1.807) is 12.4 Å². The Balaban J connectivity index is 1.93. The molecule has 1 aromatic heterocycles. The van der Waals surface area contributed by atoms with Crippen molar-refractivity contribution in [3.63, 3.8) is 0 Å². The summed E-state index contributed by atoms with van der Waals surface area (Å²) >= 11 is 0. The van der Waals surface area contributed by atoms with Crippen molar-refractivity contribution in [1.29, 1.82) is 0 Å². The van der Waals surface area contributed by atoms with E-state index < -0.39 is 0 Å². The molecule has 1 aromatic rings. The molecule has 0 unspecified atom stereocenters. The monoisotopic (exact) mass is 275 g/mol. The normalized spacial score (nSPS) is 16.4. The highest BCUT2D eigenvalue weighted by atomic mass is 16.1. The third kappa shape index (κ3) is 4.51. The Morgan fingerprint density at radius 1 is 1.25 bits per heavy atom. The lowest BCUT2D eigenvalue weighted by Gasteiger charge is -2.16. The van der Waals surface area contributed by atoms with E-state index in [4.69, 9.17) is 0 Å². The second kappa shape index (κ2) is 7.88. The number of hydrogen-bond donors (Lipinski definition) is 2. The predicted octanol–water partition coefficient (Wildman–Crippen LogP) is 3.36. The lowest BCUT2D eigenvalue weighted by Crippen LogP contribution is -2.34. The van der Waals surface area contributed by atoms with Crippen LogP contribution in [0, 0.1) is 0 Å². The molecular weight excluding hydrogens is 250 g/mol. The fourth-order valence-electron chi connectivity index (χ4n) is 2.62. The highest BCUT2D eigenvalue weighted by Crippen LogP contribution is 2.18. The minimum Gasteiger partial charge on any atom is -0.384 e. The number of aromatic nitrogens is 1. The van der Waals surface area contributed by atoms with Crippen LogP contribution in [0.25, 0.3) is 0 Å². The lowest BCUT2D eigenvalue weighted by molar-refractivity contribution is 0.0933. The van der Waals surface area contributed by atoms with E-state index in [-0.39, 0.29) is 5.91 Å². The molecule has 110 valence electrons. The molecule has 0 saturated heterocycles. The minimum absolute atomic E-state index is 0.00421. The van der Waals surface area contributed by atoms with E-state index in [0.717, 1.165) is 31.5 Å². The van der Waals surface area contributed by atoms with Gasteiger partial charge >= 0.3 is 0 Å². The second-order valence-corrected chi connectivity index (χ2v) is 5.55. The number of nitrogens with one attached hydrogen (secondary N) is 2. The number of carbonyl (C=O) groups is 1. The standard InChI is InChI=1S/C16H25N3O/c1-2-9-18-15-10-13(11-17-12-15)16(20)19-14-7-5-3-4-6-8-14/h10-12,14,18H,2-9H2,1H3,(H,19,20). The van der Waals surface area contributed by atoms with Gasteiger partial charge < -0.3 is 10.6 Å². The summed E-state index contributed by atoms with van der Waals surface area (Å²) in [5.41, 5.74) is 1.57. The molecule has 0 radical (unpaired) electrons. The van der Waals surface area contributed by atoms with Gasteiger partial charge in [-0.05, 0) is 25.3 Å². The average Bonchev–Trinajstić information content (AvgIpc) is 2.74. The fourth-order valence-corrected chi connectivity index (χ4v) is 2.62. The number of hydrogen-bond acceptors (Lipinski definition) is 3. The van der Waals surface area contributed by atoms with Crippen molar-refractivity contribution in [3.05, 3.63) is 24.0 Å². The number of rotatable bonds is 5. The van der Waals surface area contributed by atoms with Crippen LogP contribution in [0.3, 0.4) is 0 Å². The van der Waals surface area contributed by atoms with Crippen molar-refractivity contribution in [2.45, 2.75) is 57.9 Å². The number of anilines is 1. The van der Waals surface area contributed by atoms with E-state index in [9.17, 15) is 4.79 Å². The molecule has 0 aromatic carbocycles. The minimum atomic E-state index is 0.00421. The third-order valence-corrected chi connectivity index (χ3v) is 3.77. The summed E-state index contributed by atoms with van der Waals surface area (Å²) in [6.45, 7) is 3.01. The van der Waals surface area contributed by atoms with Gasteiger partial charge in [0.2, 0.25) is 0 Å². The van der Waals surface area contributed by atoms with E-state index in [0.29, 0.717) is 11.6 Å². The molecule has 1 heterocycles. The third-order valence-electron chi connectivity index (χ3n) is 3.77. The summed E-state index contributed by atoms with van der Waals surface area (Å²) in [5.74, 6) is 0.00421. The Kier molecular flexibility index (Phi) is 5.84. The summed E-state index contributed by atoms with van der Waals surface area (Å²) in [5, 5.41) is 6.41. The van der Waals surface area contributed by atoms with E-state index >= 15 is 0 Å². The molecule has 1 fully saturated rings. The first-order chi connectivity index (χ1) is 9.79. The summed E-state index contributed by atoms with van der Waals surface area (Å²) in [4.78, 5) is 16.4. The second-order valence-electron chi connectivity index (χ2n) is 5.55. The number of carbonyl (C=O) groups excluding carboxylic acids is 1. The van der Waals surface area contributed by atoms with E-state index in [1.807, 2.05) is 6.07 Å². The zero-order chi connectivity index (χ0) is 14.2. The molecule has 4 heteroatoms. The van der Waals surface area contributed by atoms with Crippen LogP contribution in [0.1, 0.15) is 62.2 Å². The molecule has 1 saturated carbocycles. The smallest absolute Gasteiger partial charge is 0.253 e. The molecule has 1 aliphatic rings. The maximum absolute atomic E-state index is 12.3. The van der Waals surface area contributed by atoms with Gasteiger partial charge in [-0.2, -0.15) is 0 Å². The van der Waals surface area contributed by atoms with Crippen molar-refractivity contribution in [2.75, 3.05) is 11.9 Å². The van der Waals surface area contributed by atoms with Crippen molar-refractivity contribution < 1.29 is 4.79 Å². The maximum Gasteiger partial charge on any atom is 0.253 e. The SMILES string of the molecule is CCCNc1cncc(C(=O)NC2CCCCCC2)c1. The van der Waals surface area contributed by atoms with Gasteiger partial charge in [0.25, 0.3) is 5.91 Å². The zero-order valence-electron chi connectivity index (χ0n) is 12.3. The highest BCUT2D eigenvalue weighted by Gasteiger charge is 2.16. The maximum atomic E-state index is 12.3. The van der Waals surface area contributed by atoms with Gasteiger partial charge in [-0.3, -0.25) is 9.78 Å². The molecule has 0 bridgehead atoms. The van der Waals surface area contributed by atoms with Gasteiger partial charge in [0.15, 0.2) is 0 Å². The van der Waals surface area contributed by atoms with Gasteiger partial charge in [0, 0.05) is 25.0 Å². The fraction of sp³-hybridized carbons (Fsp3) is 0.625. The highest BCUT2D eigenvalue weighted by molar-refractivity contribution is 5.94. The summed E-state index contributed by atoms with van der Waals surface area (Å²) in [6, 6.07) is 2.21. The van der Waals surface area contributed by atoms with Crippen molar-refractivity contribution in [3.8, 4) is 0 Å². The summed E-state index contributed by atoms with van der Waals surface area (Å²) < 4.78 is 0. The molecule has 1 amide bonds. The van der Waals surface area contributed by atoms with Crippen molar-refractivity contribution in [1.82, 2.24) is 10.3 Å². The Hall–Kier alpha value is -1.58. The molecule has 0 atom stereocenters. The first kappa shape index (κ1) is 14.8. The van der Waals surface area contributed by atoms with E-state index in [2.05, 4.69) is 22.5 Å². The van der Waals surface area contributed by atoms with Crippen LogP contribution in [0.2, 0.25) is 0 Å². The van der Waals surface area contributed by atoms with E-state index in [1.165, 1.54) is 25.7 Å². The van der Waals surface area contributed by atoms with Crippen molar-refractivity contribution in [2.24, 2.45) is 0 Å². The van der Waals surface area contributed by atoms with Crippen LogP contribution in [0.15, 0.2) is 18.5 Å². The van der Waals surface area contributed by atoms with Gasteiger partial charge in [-0.1, -0.05) is 32.6 Å². The molecule has 20 heavy (non-hydrogen) atoms. The number of amides is 1. The van der Waals surface area contributed by atoms with Crippen LogP contribution in [0.4, 0.5) is 5.69 Å². The molecule has 0 spiro atoms. The van der Waals surface area contributed by atoms with Crippen LogP contribution < -0.4 is 10.6 Å². The molecular formula is C16H25N3O. The van der Waals surface area contributed by atoms with Crippen LogP contribution in [-0.4, -0.2) is 23.5 Å². The Morgan fingerprint density at radius 3 is 2.70 bits per heavy atom. The Labute approximate surface area is 121 Å². The lowest BCUT2D eigenvalue weighted by atomic mass is 10.1.